The van der Waals surface area contributed by atoms with Crippen molar-refractivity contribution in [3.8, 4) is 0 Å². The standard InChI is InChI=1S/C18H31N3O3S/c1-25(23,24)19-4-6-21-5-2-3-16(21)18(22)20-17-14-8-12-7-13(10-14)11-15(17)9-12/h12-17,19H,2-11H2,1H3,(H,20,22). The number of carbonyl (C=O) groups excluding carboxylic acids is 1. The third-order valence-electron chi connectivity index (χ3n) is 6.97. The third kappa shape index (κ3) is 3.88. The highest BCUT2D eigenvalue weighted by Gasteiger charge is 2.49. The molecule has 0 aromatic carbocycles. The Labute approximate surface area is 151 Å². The van der Waals surface area contributed by atoms with Gasteiger partial charge in [0.05, 0.1) is 12.3 Å². The number of hydrogen-bond donors (Lipinski definition) is 2. The lowest BCUT2D eigenvalue weighted by molar-refractivity contribution is -0.129. The molecule has 1 amide bonds. The Hall–Kier alpha value is -0.660. The van der Waals surface area contributed by atoms with Crippen LogP contribution in [0.25, 0.3) is 0 Å². The molecule has 0 radical (unpaired) electrons. The summed E-state index contributed by atoms with van der Waals surface area (Å²) in [4.78, 5) is 15.1. The summed E-state index contributed by atoms with van der Waals surface area (Å²) in [5.41, 5.74) is 0. The molecule has 4 bridgehead atoms. The van der Waals surface area contributed by atoms with Crippen molar-refractivity contribution in [3.05, 3.63) is 0 Å². The van der Waals surface area contributed by atoms with E-state index in [0.717, 1.165) is 31.2 Å². The van der Waals surface area contributed by atoms with Gasteiger partial charge < -0.3 is 5.32 Å². The SMILES string of the molecule is CS(=O)(=O)NCCN1CCCC1C(=O)NC1C2CC3CC(C2)CC1C3. The predicted molar refractivity (Wildman–Crippen MR) is 96.4 cm³/mol. The second kappa shape index (κ2) is 6.82. The smallest absolute Gasteiger partial charge is 0.237 e. The van der Waals surface area contributed by atoms with E-state index in [9.17, 15) is 13.2 Å². The lowest BCUT2D eigenvalue weighted by atomic mass is 9.54. The summed E-state index contributed by atoms with van der Waals surface area (Å²) in [5.74, 6) is 3.40. The van der Waals surface area contributed by atoms with Crippen LogP contribution in [0.4, 0.5) is 0 Å². The first-order valence-corrected chi connectivity index (χ1v) is 11.8. The zero-order valence-corrected chi connectivity index (χ0v) is 15.9. The largest absolute Gasteiger partial charge is 0.351 e. The highest BCUT2D eigenvalue weighted by atomic mass is 32.2. The van der Waals surface area contributed by atoms with Crippen LogP contribution in [0.15, 0.2) is 0 Å². The van der Waals surface area contributed by atoms with Gasteiger partial charge in [0.15, 0.2) is 0 Å². The van der Waals surface area contributed by atoms with E-state index in [-0.39, 0.29) is 11.9 Å². The Morgan fingerprint density at radius 3 is 2.32 bits per heavy atom. The topological polar surface area (TPSA) is 78.5 Å². The number of hydrogen-bond acceptors (Lipinski definition) is 4. The minimum absolute atomic E-state index is 0.0847. The molecule has 4 saturated carbocycles. The average molecular weight is 370 g/mol. The maximum Gasteiger partial charge on any atom is 0.237 e. The summed E-state index contributed by atoms with van der Waals surface area (Å²) < 4.78 is 25.0. The normalized spacial score (nSPS) is 40.5. The second-order valence-electron chi connectivity index (χ2n) is 8.83. The molecule has 6 nitrogen and oxygen atoms in total. The monoisotopic (exact) mass is 369 g/mol. The van der Waals surface area contributed by atoms with Crippen LogP contribution in [0.1, 0.15) is 44.9 Å². The summed E-state index contributed by atoms with van der Waals surface area (Å²) >= 11 is 0. The molecule has 5 aliphatic rings. The minimum Gasteiger partial charge on any atom is -0.351 e. The van der Waals surface area contributed by atoms with Gasteiger partial charge in [-0.1, -0.05) is 0 Å². The zero-order chi connectivity index (χ0) is 17.6. The molecule has 25 heavy (non-hydrogen) atoms. The number of sulfonamides is 1. The number of amides is 1. The van der Waals surface area contributed by atoms with Crippen molar-refractivity contribution >= 4 is 15.9 Å². The average Bonchev–Trinajstić information content (AvgIpc) is 2.97. The zero-order valence-electron chi connectivity index (χ0n) is 15.1. The first-order chi connectivity index (χ1) is 11.9. The van der Waals surface area contributed by atoms with Crippen LogP contribution in [-0.4, -0.2) is 57.2 Å². The number of nitrogens with zero attached hydrogens (tertiary/aromatic N) is 1. The maximum atomic E-state index is 12.9. The first-order valence-electron chi connectivity index (χ1n) is 9.88. The van der Waals surface area contributed by atoms with Crippen LogP contribution >= 0.6 is 0 Å². The number of nitrogens with one attached hydrogen (secondary N) is 2. The molecular weight excluding hydrogens is 338 g/mol. The van der Waals surface area contributed by atoms with E-state index in [1.54, 1.807) is 0 Å². The number of carbonyl (C=O) groups is 1. The highest BCUT2D eigenvalue weighted by Crippen LogP contribution is 2.53. The van der Waals surface area contributed by atoms with Gasteiger partial charge in [-0.2, -0.15) is 0 Å². The van der Waals surface area contributed by atoms with Gasteiger partial charge >= 0.3 is 0 Å². The molecule has 1 heterocycles. The fourth-order valence-electron chi connectivity index (χ4n) is 6.19. The minimum atomic E-state index is -3.16. The summed E-state index contributed by atoms with van der Waals surface area (Å²) in [5, 5.41) is 3.42. The van der Waals surface area contributed by atoms with Crippen LogP contribution < -0.4 is 10.0 Å². The van der Waals surface area contributed by atoms with Gasteiger partial charge in [-0.05, 0) is 75.2 Å². The van der Waals surface area contributed by atoms with Crippen LogP contribution in [-0.2, 0) is 14.8 Å². The molecule has 1 aliphatic heterocycles. The van der Waals surface area contributed by atoms with Crippen LogP contribution in [0, 0.1) is 23.7 Å². The van der Waals surface area contributed by atoms with Crippen molar-refractivity contribution in [1.82, 2.24) is 14.9 Å². The number of likely N-dealkylation sites (tertiary alicyclic amines) is 1. The Balaban J connectivity index is 1.32. The van der Waals surface area contributed by atoms with Gasteiger partial charge in [-0.25, -0.2) is 13.1 Å². The second-order valence-corrected chi connectivity index (χ2v) is 10.7. The van der Waals surface area contributed by atoms with Crippen molar-refractivity contribution in [2.75, 3.05) is 25.9 Å². The summed E-state index contributed by atoms with van der Waals surface area (Å²) in [6.45, 7) is 1.86. The van der Waals surface area contributed by atoms with E-state index < -0.39 is 10.0 Å². The fraction of sp³-hybridized carbons (Fsp3) is 0.944. The van der Waals surface area contributed by atoms with E-state index in [1.807, 2.05) is 0 Å². The van der Waals surface area contributed by atoms with Gasteiger partial charge in [0.2, 0.25) is 15.9 Å². The van der Waals surface area contributed by atoms with E-state index in [4.69, 9.17) is 0 Å². The lowest BCUT2D eigenvalue weighted by Crippen LogP contribution is -2.58. The summed E-state index contributed by atoms with van der Waals surface area (Å²) in [7, 11) is -3.16. The van der Waals surface area contributed by atoms with Gasteiger partial charge in [0.25, 0.3) is 0 Å². The molecule has 7 heteroatoms. The van der Waals surface area contributed by atoms with Crippen molar-refractivity contribution in [2.45, 2.75) is 57.0 Å². The molecule has 1 atom stereocenters. The predicted octanol–water partition coefficient (Wildman–Crippen LogP) is 0.941. The third-order valence-corrected chi connectivity index (χ3v) is 7.69. The Kier molecular flexibility index (Phi) is 4.84. The Morgan fingerprint density at radius 2 is 1.72 bits per heavy atom. The van der Waals surface area contributed by atoms with E-state index in [2.05, 4.69) is 14.9 Å². The van der Waals surface area contributed by atoms with Gasteiger partial charge in [0, 0.05) is 19.1 Å². The van der Waals surface area contributed by atoms with Gasteiger partial charge in [-0.15, -0.1) is 0 Å². The van der Waals surface area contributed by atoms with Crippen molar-refractivity contribution in [2.24, 2.45) is 23.7 Å². The summed E-state index contributed by atoms with van der Waals surface area (Å²) in [6.07, 6.45) is 9.74. The molecule has 5 fully saturated rings. The lowest BCUT2D eigenvalue weighted by Gasteiger charge is -2.54. The molecule has 1 saturated heterocycles. The van der Waals surface area contributed by atoms with Gasteiger partial charge in [-0.3, -0.25) is 9.69 Å². The Bertz CT molecular complexity index is 593. The van der Waals surface area contributed by atoms with Crippen molar-refractivity contribution in [3.63, 3.8) is 0 Å². The summed E-state index contributed by atoms with van der Waals surface area (Å²) in [6, 6.07) is 0.301. The Morgan fingerprint density at radius 1 is 1.08 bits per heavy atom. The molecule has 4 aliphatic carbocycles. The molecule has 142 valence electrons. The molecule has 1 unspecified atom stereocenters. The van der Waals surface area contributed by atoms with E-state index >= 15 is 0 Å². The fourth-order valence-corrected chi connectivity index (χ4v) is 6.65. The maximum absolute atomic E-state index is 12.9. The first kappa shape index (κ1) is 17.7. The molecule has 5 rings (SSSR count). The van der Waals surface area contributed by atoms with Crippen molar-refractivity contribution < 1.29 is 13.2 Å². The van der Waals surface area contributed by atoms with Crippen LogP contribution in [0.3, 0.4) is 0 Å². The molecule has 0 aromatic heterocycles. The molecule has 0 aromatic rings. The molecular formula is C18H31N3O3S. The van der Waals surface area contributed by atoms with Crippen LogP contribution in [0.5, 0.6) is 0 Å². The molecule has 0 spiro atoms. The van der Waals surface area contributed by atoms with E-state index in [0.29, 0.717) is 31.0 Å². The van der Waals surface area contributed by atoms with Gasteiger partial charge in [0.1, 0.15) is 0 Å². The molecule has 2 N–H and O–H groups in total. The van der Waals surface area contributed by atoms with Crippen molar-refractivity contribution in [1.29, 1.82) is 0 Å². The van der Waals surface area contributed by atoms with Crippen LogP contribution in [0.2, 0.25) is 0 Å². The van der Waals surface area contributed by atoms with E-state index in [1.165, 1.54) is 38.4 Å². The quantitative estimate of drug-likeness (QED) is 0.730. The highest BCUT2D eigenvalue weighted by molar-refractivity contribution is 7.88. The number of rotatable bonds is 6.